The predicted octanol–water partition coefficient (Wildman–Crippen LogP) is 3.16. The monoisotopic (exact) mass is 284 g/mol. The van der Waals surface area contributed by atoms with Crippen molar-refractivity contribution in [2.75, 3.05) is 11.1 Å². The fourth-order valence-corrected chi connectivity index (χ4v) is 2.21. The van der Waals surface area contributed by atoms with Gasteiger partial charge in [0.25, 0.3) is 0 Å². The third-order valence-electron chi connectivity index (χ3n) is 3.34. The number of nitrogen functional groups attached to an aromatic ring is 1. The van der Waals surface area contributed by atoms with E-state index in [4.69, 9.17) is 5.73 Å². The van der Waals surface area contributed by atoms with Gasteiger partial charge in [-0.25, -0.2) is 0 Å². The number of hydrogen-bond donors (Lipinski definition) is 3. The molecule has 0 saturated heterocycles. The number of carbonyl (C=O) groups is 1. The van der Waals surface area contributed by atoms with Crippen molar-refractivity contribution in [3.05, 3.63) is 53.1 Å². The van der Waals surface area contributed by atoms with Crippen molar-refractivity contribution in [3.63, 3.8) is 0 Å². The van der Waals surface area contributed by atoms with E-state index >= 15 is 0 Å². The van der Waals surface area contributed by atoms with Gasteiger partial charge in [-0.15, -0.1) is 0 Å². The highest BCUT2D eigenvalue weighted by Gasteiger charge is 2.09. The lowest BCUT2D eigenvalue weighted by atomic mass is 10.1. The number of phenolic OH excluding ortho intramolecular Hbond substituents is 1. The highest BCUT2D eigenvalue weighted by atomic mass is 16.3. The maximum Gasteiger partial charge on any atom is 0.224 e. The second-order valence-electron chi connectivity index (χ2n) is 5.27. The topological polar surface area (TPSA) is 75.3 Å². The quantitative estimate of drug-likeness (QED) is 0.596. The molecule has 0 fully saturated rings. The van der Waals surface area contributed by atoms with Gasteiger partial charge in [-0.3, -0.25) is 4.79 Å². The Morgan fingerprint density at radius 2 is 1.86 bits per heavy atom. The molecule has 2 aromatic rings. The molecule has 2 aromatic carbocycles. The molecule has 0 unspecified atom stereocenters. The van der Waals surface area contributed by atoms with Crippen molar-refractivity contribution in [3.8, 4) is 5.75 Å². The maximum absolute atomic E-state index is 12.0. The average molecular weight is 284 g/mol. The minimum atomic E-state index is -0.118. The van der Waals surface area contributed by atoms with E-state index in [9.17, 15) is 9.90 Å². The summed E-state index contributed by atoms with van der Waals surface area (Å²) in [6.45, 7) is 3.74. The summed E-state index contributed by atoms with van der Waals surface area (Å²) >= 11 is 0. The molecule has 0 heterocycles. The van der Waals surface area contributed by atoms with Crippen LogP contribution in [0.15, 0.2) is 36.4 Å². The maximum atomic E-state index is 12.0. The first kappa shape index (κ1) is 14.9. The molecule has 0 aliphatic carbocycles. The molecule has 0 aromatic heterocycles. The number of aryl methyl sites for hydroxylation is 3. The van der Waals surface area contributed by atoms with E-state index in [-0.39, 0.29) is 11.7 Å². The molecule has 1 amide bonds. The summed E-state index contributed by atoms with van der Waals surface area (Å²) in [7, 11) is 0. The van der Waals surface area contributed by atoms with Gasteiger partial charge in [-0.1, -0.05) is 18.2 Å². The Kier molecular flexibility index (Phi) is 4.48. The van der Waals surface area contributed by atoms with Crippen LogP contribution in [0.2, 0.25) is 0 Å². The van der Waals surface area contributed by atoms with E-state index in [1.54, 1.807) is 6.07 Å². The predicted molar refractivity (Wildman–Crippen MR) is 85.4 cm³/mol. The van der Waals surface area contributed by atoms with Crippen LogP contribution in [-0.2, 0) is 11.2 Å². The van der Waals surface area contributed by atoms with Gasteiger partial charge in [0.2, 0.25) is 5.91 Å². The van der Waals surface area contributed by atoms with Gasteiger partial charge in [-0.05, 0) is 55.2 Å². The fraction of sp³-hybridized carbons (Fsp3) is 0.235. The van der Waals surface area contributed by atoms with Crippen LogP contribution in [-0.4, -0.2) is 11.0 Å². The van der Waals surface area contributed by atoms with Crippen molar-refractivity contribution < 1.29 is 9.90 Å². The molecule has 2 rings (SSSR count). The Balaban J connectivity index is 1.97. The lowest BCUT2D eigenvalue weighted by Gasteiger charge is -2.10. The zero-order valence-corrected chi connectivity index (χ0v) is 12.3. The summed E-state index contributed by atoms with van der Waals surface area (Å²) in [5, 5.41) is 12.7. The summed E-state index contributed by atoms with van der Waals surface area (Å²) in [5.74, 6) is 0.00793. The van der Waals surface area contributed by atoms with E-state index < -0.39 is 0 Å². The van der Waals surface area contributed by atoms with Crippen LogP contribution in [0.3, 0.4) is 0 Å². The van der Waals surface area contributed by atoms with E-state index in [0.29, 0.717) is 24.2 Å². The standard InChI is InChI=1S/C17H20N2O2/c1-11-9-12(2)17(21)15(10-11)19-16(20)8-5-13-3-6-14(18)7-4-13/h3-4,6-7,9-10,21H,5,8,18H2,1-2H3,(H,19,20). The second-order valence-corrected chi connectivity index (χ2v) is 5.27. The lowest BCUT2D eigenvalue weighted by Crippen LogP contribution is -2.12. The minimum Gasteiger partial charge on any atom is -0.505 e. The molecule has 110 valence electrons. The van der Waals surface area contributed by atoms with Crippen LogP contribution in [0.25, 0.3) is 0 Å². The van der Waals surface area contributed by atoms with E-state index in [0.717, 1.165) is 16.7 Å². The van der Waals surface area contributed by atoms with Crippen molar-refractivity contribution >= 4 is 17.3 Å². The van der Waals surface area contributed by atoms with E-state index in [2.05, 4.69) is 5.32 Å². The Labute approximate surface area is 124 Å². The normalized spacial score (nSPS) is 10.4. The number of benzene rings is 2. The van der Waals surface area contributed by atoms with Crippen molar-refractivity contribution in [2.45, 2.75) is 26.7 Å². The van der Waals surface area contributed by atoms with E-state index in [1.807, 2.05) is 44.2 Å². The highest BCUT2D eigenvalue weighted by molar-refractivity contribution is 5.92. The zero-order valence-electron chi connectivity index (χ0n) is 12.3. The largest absolute Gasteiger partial charge is 0.505 e. The number of amides is 1. The SMILES string of the molecule is Cc1cc(C)c(O)c(NC(=O)CCc2ccc(N)cc2)c1. The number of anilines is 2. The van der Waals surface area contributed by atoms with Gasteiger partial charge in [0.1, 0.15) is 5.75 Å². The molecular formula is C17H20N2O2. The number of aromatic hydroxyl groups is 1. The number of hydrogen-bond acceptors (Lipinski definition) is 3. The Hall–Kier alpha value is -2.49. The van der Waals surface area contributed by atoms with Gasteiger partial charge >= 0.3 is 0 Å². The van der Waals surface area contributed by atoms with Crippen LogP contribution in [0.1, 0.15) is 23.1 Å². The second kappa shape index (κ2) is 6.31. The van der Waals surface area contributed by atoms with Crippen LogP contribution in [0.4, 0.5) is 11.4 Å². The van der Waals surface area contributed by atoms with Gasteiger partial charge in [-0.2, -0.15) is 0 Å². The molecule has 4 heteroatoms. The summed E-state index contributed by atoms with van der Waals surface area (Å²) in [4.78, 5) is 12.0. The summed E-state index contributed by atoms with van der Waals surface area (Å²) in [6, 6.07) is 11.1. The Morgan fingerprint density at radius 3 is 2.52 bits per heavy atom. The molecule has 0 radical (unpaired) electrons. The minimum absolute atomic E-state index is 0.118. The van der Waals surface area contributed by atoms with Gasteiger partial charge in [0, 0.05) is 12.1 Å². The number of phenols is 1. The fourth-order valence-electron chi connectivity index (χ4n) is 2.21. The molecule has 0 bridgehead atoms. The lowest BCUT2D eigenvalue weighted by molar-refractivity contribution is -0.116. The Bertz CT molecular complexity index is 649. The first-order valence-electron chi connectivity index (χ1n) is 6.90. The summed E-state index contributed by atoms with van der Waals surface area (Å²) in [5.41, 5.74) is 9.61. The van der Waals surface area contributed by atoms with Gasteiger partial charge < -0.3 is 16.2 Å². The number of nitrogens with one attached hydrogen (secondary N) is 1. The van der Waals surface area contributed by atoms with Gasteiger partial charge in [0.15, 0.2) is 0 Å². The summed E-state index contributed by atoms with van der Waals surface area (Å²) in [6.07, 6.45) is 0.994. The van der Waals surface area contributed by atoms with Crippen molar-refractivity contribution in [2.24, 2.45) is 0 Å². The molecule has 0 spiro atoms. The molecule has 4 nitrogen and oxygen atoms in total. The average Bonchev–Trinajstić information content (AvgIpc) is 2.43. The molecule has 0 aliphatic heterocycles. The highest BCUT2D eigenvalue weighted by Crippen LogP contribution is 2.28. The molecule has 0 atom stereocenters. The number of rotatable bonds is 4. The van der Waals surface area contributed by atoms with Crippen molar-refractivity contribution in [1.82, 2.24) is 0 Å². The molecular weight excluding hydrogens is 264 g/mol. The van der Waals surface area contributed by atoms with E-state index in [1.165, 1.54) is 0 Å². The molecule has 21 heavy (non-hydrogen) atoms. The van der Waals surface area contributed by atoms with Crippen LogP contribution in [0, 0.1) is 13.8 Å². The Morgan fingerprint density at radius 1 is 1.19 bits per heavy atom. The zero-order chi connectivity index (χ0) is 15.4. The third-order valence-corrected chi connectivity index (χ3v) is 3.34. The van der Waals surface area contributed by atoms with Crippen LogP contribution < -0.4 is 11.1 Å². The summed E-state index contributed by atoms with van der Waals surface area (Å²) < 4.78 is 0. The molecule has 4 N–H and O–H groups in total. The smallest absolute Gasteiger partial charge is 0.224 e. The number of nitrogens with two attached hydrogens (primary N) is 1. The first-order valence-corrected chi connectivity index (χ1v) is 6.90. The molecule has 0 aliphatic rings. The van der Waals surface area contributed by atoms with Crippen LogP contribution in [0.5, 0.6) is 5.75 Å². The third kappa shape index (κ3) is 3.99. The van der Waals surface area contributed by atoms with Crippen molar-refractivity contribution in [1.29, 1.82) is 0 Å². The number of carbonyl (C=O) groups excluding carboxylic acids is 1. The first-order chi connectivity index (χ1) is 9.95. The van der Waals surface area contributed by atoms with Gasteiger partial charge in [0.05, 0.1) is 5.69 Å². The van der Waals surface area contributed by atoms with Crippen LogP contribution >= 0.6 is 0 Å². The molecule has 0 saturated carbocycles.